The van der Waals surface area contributed by atoms with Gasteiger partial charge >= 0.3 is 0 Å². The second kappa shape index (κ2) is 8.38. The number of benzene rings is 2. The van der Waals surface area contributed by atoms with E-state index in [1.165, 1.54) is 22.9 Å². The molecule has 0 unspecified atom stereocenters. The van der Waals surface area contributed by atoms with Crippen LogP contribution in [-0.4, -0.2) is 23.4 Å². The zero-order chi connectivity index (χ0) is 18.5. The molecular formula is C20H19NO3S2. The Balaban J connectivity index is 1.60. The fourth-order valence-electron chi connectivity index (χ4n) is 2.41. The van der Waals surface area contributed by atoms with Gasteiger partial charge in [-0.3, -0.25) is 4.79 Å². The summed E-state index contributed by atoms with van der Waals surface area (Å²) in [6.07, 6.45) is 1.79. The van der Waals surface area contributed by atoms with E-state index in [4.69, 9.17) is 21.7 Å². The van der Waals surface area contributed by atoms with E-state index in [2.05, 4.69) is 19.2 Å². The highest BCUT2D eigenvalue weighted by Crippen LogP contribution is 2.29. The van der Waals surface area contributed by atoms with Gasteiger partial charge in [0.25, 0.3) is 5.91 Å². The van der Waals surface area contributed by atoms with Crippen molar-refractivity contribution >= 4 is 40.3 Å². The van der Waals surface area contributed by atoms with Gasteiger partial charge in [-0.15, -0.1) is 0 Å². The summed E-state index contributed by atoms with van der Waals surface area (Å²) in [4.78, 5) is 12.4. The third-order valence-corrected chi connectivity index (χ3v) is 5.10. The molecule has 0 spiro atoms. The lowest BCUT2D eigenvalue weighted by molar-refractivity contribution is -0.115. The second-order valence-corrected chi connectivity index (χ2v) is 7.55. The van der Waals surface area contributed by atoms with E-state index in [9.17, 15) is 4.79 Å². The number of ether oxygens (including phenoxy) is 2. The van der Waals surface area contributed by atoms with Crippen LogP contribution in [0.25, 0.3) is 6.08 Å². The topological polar surface area (TPSA) is 47.6 Å². The van der Waals surface area contributed by atoms with Crippen molar-refractivity contribution in [2.45, 2.75) is 13.8 Å². The number of nitrogens with one attached hydrogen (secondary N) is 1. The van der Waals surface area contributed by atoms with Crippen molar-refractivity contribution in [3.63, 3.8) is 0 Å². The van der Waals surface area contributed by atoms with E-state index < -0.39 is 0 Å². The van der Waals surface area contributed by atoms with Gasteiger partial charge < -0.3 is 14.8 Å². The molecule has 2 aromatic rings. The first kappa shape index (κ1) is 18.5. The summed E-state index contributed by atoms with van der Waals surface area (Å²) < 4.78 is 12.1. The van der Waals surface area contributed by atoms with E-state index in [0.29, 0.717) is 28.2 Å². The van der Waals surface area contributed by atoms with Crippen molar-refractivity contribution in [1.82, 2.24) is 5.32 Å². The molecule has 0 aliphatic carbocycles. The van der Waals surface area contributed by atoms with Gasteiger partial charge in [0.15, 0.2) is 0 Å². The first-order valence-corrected chi connectivity index (χ1v) is 9.42. The lowest BCUT2D eigenvalue weighted by Gasteiger charge is -2.11. The summed E-state index contributed by atoms with van der Waals surface area (Å²) in [5.41, 5.74) is 3.27. The summed E-state index contributed by atoms with van der Waals surface area (Å²) in [5, 5.41) is 2.61. The van der Waals surface area contributed by atoms with Crippen LogP contribution in [0.1, 0.15) is 16.7 Å². The predicted octanol–water partition coefficient (Wildman–Crippen LogP) is 4.25. The molecule has 1 amide bonds. The molecule has 1 N–H and O–H groups in total. The predicted molar refractivity (Wildman–Crippen MR) is 110 cm³/mol. The minimum Gasteiger partial charge on any atom is -0.490 e. The number of amides is 1. The summed E-state index contributed by atoms with van der Waals surface area (Å²) in [5.74, 6) is 1.36. The number of hydrogen-bond donors (Lipinski definition) is 1. The molecule has 3 rings (SSSR count). The highest BCUT2D eigenvalue weighted by Gasteiger charge is 2.22. The molecule has 134 valence electrons. The summed E-state index contributed by atoms with van der Waals surface area (Å²) >= 11 is 6.27. The third-order valence-electron chi connectivity index (χ3n) is 3.94. The first-order chi connectivity index (χ1) is 12.5. The van der Waals surface area contributed by atoms with Gasteiger partial charge in [-0.05, 0) is 49.2 Å². The fraction of sp³-hybridized carbons (Fsp3) is 0.200. The number of rotatable bonds is 6. The molecule has 0 radical (unpaired) electrons. The maximum Gasteiger partial charge on any atom is 0.263 e. The Morgan fingerprint density at radius 3 is 2.58 bits per heavy atom. The molecule has 1 aliphatic heterocycles. The summed E-state index contributed by atoms with van der Waals surface area (Å²) in [7, 11) is 0. The first-order valence-electron chi connectivity index (χ1n) is 8.19. The van der Waals surface area contributed by atoms with Gasteiger partial charge in [0, 0.05) is 5.56 Å². The van der Waals surface area contributed by atoms with Crippen LogP contribution in [0.5, 0.6) is 11.5 Å². The van der Waals surface area contributed by atoms with Crippen LogP contribution in [0.2, 0.25) is 0 Å². The lowest BCUT2D eigenvalue weighted by atomic mass is 10.1. The Hall–Kier alpha value is -2.31. The zero-order valence-electron chi connectivity index (χ0n) is 14.6. The normalized spacial score (nSPS) is 15.2. The van der Waals surface area contributed by atoms with Crippen LogP contribution < -0.4 is 14.8 Å². The Labute approximate surface area is 162 Å². The zero-order valence-corrected chi connectivity index (χ0v) is 16.2. The number of carbonyl (C=O) groups is 1. The van der Waals surface area contributed by atoms with E-state index >= 15 is 0 Å². The number of hydrogen-bond acceptors (Lipinski definition) is 5. The molecule has 26 heavy (non-hydrogen) atoms. The van der Waals surface area contributed by atoms with E-state index in [1.54, 1.807) is 6.08 Å². The largest absolute Gasteiger partial charge is 0.490 e. The van der Waals surface area contributed by atoms with Crippen LogP contribution in [0, 0.1) is 13.8 Å². The van der Waals surface area contributed by atoms with Gasteiger partial charge in [-0.1, -0.05) is 48.2 Å². The van der Waals surface area contributed by atoms with Crippen LogP contribution in [0.3, 0.4) is 0 Å². The lowest BCUT2D eigenvalue weighted by Crippen LogP contribution is -2.17. The number of para-hydroxylation sites is 1. The summed E-state index contributed by atoms with van der Waals surface area (Å²) in [6.45, 7) is 4.98. The molecule has 1 aliphatic rings. The Morgan fingerprint density at radius 1 is 1.08 bits per heavy atom. The van der Waals surface area contributed by atoms with Crippen molar-refractivity contribution in [3.05, 3.63) is 64.1 Å². The minimum absolute atomic E-state index is 0.173. The molecule has 0 aromatic heterocycles. The quantitative estimate of drug-likeness (QED) is 0.458. The van der Waals surface area contributed by atoms with Gasteiger partial charge in [-0.25, -0.2) is 0 Å². The van der Waals surface area contributed by atoms with Gasteiger partial charge in [0.2, 0.25) is 0 Å². The smallest absolute Gasteiger partial charge is 0.263 e. The molecular weight excluding hydrogens is 366 g/mol. The number of thioether (sulfide) groups is 1. The molecule has 2 aromatic carbocycles. The van der Waals surface area contributed by atoms with E-state index in [0.717, 1.165) is 11.3 Å². The van der Waals surface area contributed by atoms with Crippen LogP contribution in [-0.2, 0) is 4.79 Å². The van der Waals surface area contributed by atoms with Crippen molar-refractivity contribution in [1.29, 1.82) is 0 Å². The molecule has 1 heterocycles. The molecule has 0 atom stereocenters. The van der Waals surface area contributed by atoms with E-state index in [1.807, 2.05) is 42.5 Å². The summed E-state index contributed by atoms with van der Waals surface area (Å²) in [6, 6.07) is 13.6. The minimum atomic E-state index is -0.173. The molecule has 6 heteroatoms. The maximum atomic E-state index is 11.8. The highest BCUT2D eigenvalue weighted by molar-refractivity contribution is 8.26. The Bertz CT molecular complexity index is 877. The fourth-order valence-corrected chi connectivity index (χ4v) is 3.44. The molecule has 0 saturated carbocycles. The number of carbonyl (C=O) groups excluding carboxylic acids is 1. The van der Waals surface area contributed by atoms with Gasteiger partial charge in [0.05, 0.1) is 4.91 Å². The molecule has 1 saturated heterocycles. The van der Waals surface area contributed by atoms with Crippen LogP contribution in [0.15, 0.2) is 47.4 Å². The maximum absolute atomic E-state index is 11.8. The molecule has 1 fully saturated rings. The van der Waals surface area contributed by atoms with Crippen molar-refractivity contribution in [2.24, 2.45) is 0 Å². The molecule has 4 nitrogen and oxygen atoms in total. The van der Waals surface area contributed by atoms with Crippen molar-refractivity contribution in [2.75, 3.05) is 13.2 Å². The van der Waals surface area contributed by atoms with Gasteiger partial charge in [-0.2, -0.15) is 0 Å². The number of thiocarbonyl (C=S) groups is 1. The number of aryl methyl sites for hydroxylation is 2. The standard InChI is InChI=1S/C20H19NO3S2/c1-13-7-8-16(11-14(13)2)23-9-10-24-17-6-4-3-5-15(17)12-18-19(22)21-20(25)26-18/h3-8,11-12H,9-10H2,1-2H3,(H,21,22,25)/b18-12-. The Kier molecular flexibility index (Phi) is 5.96. The van der Waals surface area contributed by atoms with Gasteiger partial charge in [0.1, 0.15) is 29.0 Å². The molecule has 0 bridgehead atoms. The highest BCUT2D eigenvalue weighted by atomic mass is 32.2. The third kappa shape index (κ3) is 4.65. The second-order valence-electron chi connectivity index (χ2n) is 5.83. The Morgan fingerprint density at radius 2 is 1.85 bits per heavy atom. The van der Waals surface area contributed by atoms with Crippen LogP contribution in [0.4, 0.5) is 0 Å². The van der Waals surface area contributed by atoms with Crippen molar-refractivity contribution < 1.29 is 14.3 Å². The van der Waals surface area contributed by atoms with Crippen LogP contribution >= 0.6 is 24.0 Å². The van der Waals surface area contributed by atoms with Crippen molar-refractivity contribution in [3.8, 4) is 11.5 Å². The monoisotopic (exact) mass is 385 g/mol. The van der Waals surface area contributed by atoms with E-state index in [-0.39, 0.29) is 5.91 Å². The average molecular weight is 386 g/mol. The SMILES string of the molecule is Cc1ccc(OCCOc2ccccc2/C=C2\SC(=S)NC2=O)cc1C. The average Bonchev–Trinajstić information content (AvgIpc) is 2.93.